The average Bonchev–Trinajstić information content (AvgIpc) is 2.36. The number of hydrogen-bond donors (Lipinski definition) is 2. The molecule has 0 heterocycles. The molecule has 2 aliphatic carbocycles. The lowest BCUT2D eigenvalue weighted by Crippen LogP contribution is -2.50. The molecule has 18 heavy (non-hydrogen) atoms. The molecule has 104 valence electrons. The smallest absolute Gasteiger partial charge is 0.315 e. The van der Waals surface area contributed by atoms with E-state index in [2.05, 4.69) is 24.5 Å². The summed E-state index contributed by atoms with van der Waals surface area (Å²) in [5, 5.41) is 6.35. The van der Waals surface area contributed by atoms with Gasteiger partial charge in [-0.25, -0.2) is 4.79 Å². The van der Waals surface area contributed by atoms with Crippen LogP contribution in [0.2, 0.25) is 0 Å². The van der Waals surface area contributed by atoms with Crippen LogP contribution in [-0.4, -0.2) is 18.1 Å². The Balaban J connectivity index is 1.75. The second kappa shape index (κ2) is 6.44. The van der Waals surface area contributed by atoms with Crippen molar-refractivity contribution in [1.29, 1.82) is 0 Å². The molecule has 2 aliphatic rings. The maximum atomic E-state index is 12.0. The minimum atomic E-state index is 0.0628. The van der Waals surface area contributed by atoms with Crippen LogP contribution in [0.3, 0.4) is 0 Å². The maximum Gasteiger partial charge on any atom is 0.315 e. The van der Waals surface area contributed by atoms with E-state index in [9.17, 15) is 4.79 Å². The molecule has 0 spiro atoms. The van der Waals surface area contributed by atoms with Gasteiger partial charge in [-0.3, -0.25) is 0 Å². The number of hydrogen-bond acceptors (Lipinski definition) is 1. The highest BCUT2D eigenvalue weighted by atomic mass is 16.2. The summed E-state index contributed by atoms with van der Waals surface area (Å²) in [7, 11) is 0. The Morgan fingerprint density at radius 1 is 0.889 bits per heavy atom. The predicted molar refractivity (Wildman–Crippen MR) is 74.5 cm³/mol. The van der Waals surface area contributed by atoms with Gasteiger partial charge in [0.2, 0.25) is 0 Å². The SMILES string of the molecule is C[C@H]1[C@H](C)CCC[C@H]1NC(=O)NC1CCCCC1. The molecule has 0 aromatic rings. The van der Waals surface area contributed by atoms with Crippen molar-refractivity contribution in [3.05, 3.63) is 0 Å². The maximum absolute atomic E-state index is 12.0. The average molecular weight is 252 g/mol. The number of carbonyl (C=O) groups excluding carboxylic acids is 1. The number of urea groups is 1. The molecule has 3 nitrogen and oxygen atoms in total. The second-order valence-electron chi connectivity index (χ2n) is 6.33. The van der Waals surface area contributed by atoms with E-state index in [1.165, 1.54) is 32.1 Å². The summed E-state index contributed by atoms with van der Waals surface area (Å²) in [6, 6.07) is 0.847. The van der Waals surface area contributed by atoms with Crippen molar-refractivity contribution in [2.75, 3.05) is 0 Å². The van der Waals surface area contributed by atoms with Gasteiger partial charge >= 0.3 is 6.03 Å². The van der Waals surface area contributed by atoms with Crippen LogP contribution in [0.1, 0.15) is 65.2 Å². The molecular weight excluding hydrogens is 224 g/mol. The quantitative estimate of drug-likeness (QED) is 0.776. The van der Waals surface area contributed by atoms with Crippen LogP contribution in [0.25, 0.3) is 0 Å². The van der Waals surface area contributed by atoms with Gasteiger partial charge in [-0.2, -0.15) is 0 Å². The molecule has 0 unspecified atom stereocenters. The fraction of sp³-hybridized carbons (Fsp3) is 0.933. The molecule has 3 atom stereocenters. The topological polar surface area (TPSA) is 41.1 Å². The highest BCUT2D eigenvalue weighted by molar-refractivity contribution is 5.74. The van der Waals surface area contributed by atoms with Gasteiger partial charge in [-0.1, -0.05) is 46.0 Å². The zero-order valence-corrected chi connectivity index (χ0v) is 11.9. The summed E-state index contributed by atoms with van der Waals surface area (Å²) in [4.78, 5) is 12.0. The van der Waals surface area contributed by atoms with Crippen molar-refractivity contribution >= 4 is 6.03 Å². The molecule has 2 N–H and O–H groups in total. The monoisotopic (exact) mass is 252 g/mol. The first-order valence-electron chi connectivity index (χ1n) is 7.74. The lowest BCUT2D eigenvalue weighted by molar-refractivity contribution is 0.191. The summed E-state index contributed by atoms with van der Waals surface area (Å²) in [5.41, 5.74) is 0. The molecule has 0 aliphatic heterocycles. The Labute approximate surface area is 111 Å². The van der Waals surface area contributed by atoms with Crippen molar-refractivity contribution in [3.8, 4) is 0 Å². The summed E-state index contributed by atoms with van der Waals surface area (Å²) < 4.78 is 0. The molecule has 0 aromatic carbocycles. The lowest BCUT2D eigenvalue weighted by Gasteiger charge is -2.35. The van der Waals surface area contributed by atoms with Gasteiger partial charge in [0.1, 0.15) is 0 Å². The second-order valence-corrected chi connectivity index (χ2v) is 6.33. The van der Waals surface area contributed by atoms with E-state index in [-0.39, 0.29) is 6.03 Å². The summed E-state index contributed by atoms with van der Waals surface area (Å²) >= 11 is 0. The van der Waals surface area contributed by atoms with Gasteiger partial charge in [0.05, 0.1) is 0 Å². The van der Waals surface area contributed by atoms with Crippen LogP contribution >= 0.6 is 0 Å². The third-order valence-electron chi connectivity index (χ3n) is 4.96. The third kappa shape index (κ3) is 3.63. The molecule has 0 aromatic heterocycles. The molecule has 0 saturated heterocycles. The minimum Gasteiger partial charge on any atom is -0.335 e. The normalized spacial score (nSPS) is 34.0. The van der Waals surface area contributed by atoms with E-state index in [1.807, 2.05) is 0 Å². The number of nitrogens with one attached hydrogen (secondary N) is 2. The fourth-order valence-electron chi connectivity index (χ4n) is 3.43. The van der Waals surface area contributed by atoms with Crippen LogP contribution in [0.15, 0.2) is 0 Å². The zero-order valence-electron chi connectivity index (χ0n) is 11.9. The van der Waals surface area contributed by atoms with E-state index in [0.717, 1.165) is 25.2 Å². The Morgan fingerprint density at radius 3 is 2.33 bits per heavy atom. The van der Waals surface area contributed by atoms with Gasteiger partial charge in [-0.15, -0.1) is 0 Å². The zero-order chi connectivity index (χ0) is 13.0. The molecule has 3 heteroatoms. The summed E-state index contributed by atoms with van der Waals surface area (Å²) in [6.07, 6.45) is 9.88. The van der Waals surface area contributed by atoms with Crippen LogP contribution in [0, 0.1) is 11.8 Å². The molecule has 2 saturated carbocycles. The predicted octanol–water partition coefficient (Wildman–Crippen LogP) is 3.44. The molecule has 2 rings (SSSR count). The third-order valence-corrected chi connectivity index (χ3v) is 4.96. The highest BCUT2D eigenvalue weighted by Gasteiger charge is 2.28. The Morgan fingerprint density at radius 2 is 1.61 bits per heavy atom. The first-order valence-corrected chi connectivity index (χ1v) is 7.74. The largest absolute Gasteiger partial charge is 0.335 e. The van der Waals surface area contributed by atoms with Crippen molar-refractivity contribution in [1.82, 2.24) is 10.6 Å². The highest BCUT2D eigenvalue weighted by Crippen LogP contribution is 2.29. The van der Waals surface area contributed by atoms with E-state index in [1.54, 1.807) is 0 Å². The summed E-state index contributed by atoms with van der Waals surface area (Å²) in [5.74, 6) is 1.34. The first kappa shape index (κ1) is 13.7. The van der Waals surface area contributed by atoms with Crippen molar-refractivity contribution in [2.24, 2.45) is 11.8 Å². The lowest BCUT2D eigenvalue weighted by atomic mass is 9.78. The van der Waals surface area contributed by atoms with Gasteiger partial charge in [0, 0.05) is 12.1 Å². The fourth-order valence-corrected chi connectivity index (χ4v) is 3.43. The van der Waals surface area contributed by atoms with Crippen LogP contribution in [-0.2, 0) is 0 Å². The van der Waals surface area contributed by atoms with E-state index >= 15 is 0 Å². The molecule has 2 fully saturated rings. The molecular formula is C15H28N2O. The van der Waals surface area contributed by atoms with Crippen LogP contribution in [0.5, 0.6) is 0 Å². The van der Waals surface area contributed by atoms with Gasteiger partial charge < -0.3 is 10.6 Å². The van der Waals surface area contributed by atoms with Gasteiger partial charge in [0.25, 0.3) is 0 Å². The number of carbonyl (C=O) groups is 1. The van der Waals surface area contributed by atoms with Crippen molar-refractivity contribution in [3.63, 3.8) is 0 Å². The van der Waals surface area contributed by atoms with Crippen molar-refractivity contribution in [2.45, 2.75) is 77.3 Å². The first-order chi connectivity index (χ1) is 8.66. The van der Waals surface area contributed by atoms with Gasteiger partial charge in [0.15, 0.2) is 0 Å². The standard InChI is InChI=1S/C15H28N2O/c1-11-7-6-10-14(12(11)2)17-15(18)16-13-8-4-3-5-9-13/h11-14H,3-10H2,1-2H3,(H2,16,17,18)/t11-,12+,14-/m1/s1. The van der Waals surface area contributed by atoms with E-state index in [0.29, 0.717) is 18.0 Å². The van der Waals surface area contributed by atoms with Crippen molar-refractivity contribution < 1.29 is 4.79 Å². The molecule has 2 amide bonds. The summed E-state index contributed by atoms with van der Waals surface area (Å²) in [6.45, 7) is 4.58. The number of rotatable bonds is 2. The van der Waals surface area contributed by atoms with Crippen LogP contribution < -0.4 is 10.6 Å². The van der Waals surface area contributed by atoms with E-state index < -0.39 is 0 Å². The Hall–Kier alpha value is -0.730. The van der Waals surface area contributed by atoms with Gasteiger partial charge in [-0.05, 0) is 31.1 Å². The van der Waals surface area contributed by atoms with E-state index in [4.69, 9.17) is 0 Å². The Bertz CT molecular complexity index is 274. The minimum absolute atomic E-state index is 0.0628. The molecule has 0 radical (unpaired) electrons. The van der Waals surface area contributed by atoms with Crippen LogP contribution in [0.4, 0.5) is 4.79 Å². The number of amides is 2. The molecule has 0 bridgehead atoms. The Kier molecular flexibility index (Phi) is 4.90.